The zero-order valence-corrected chi connectivity index (χ0v) is 17.6. The number of unbranched alkanes of at least 4 members (excludes halogenated alkanes) is 2. The minimum atomic E-state index is -0.390. The summed E-state index contributed by atoms with van der Waals surface area (Å²) in [6.45, 7) is 2.19. The van der Waals surface area contributed by atoms with Gasteiger partial charge < -0.3 is 9.64 Å². The van der Waals surface area contributed by atoms with Crippen LogP contribution in [-0.2, 0) is 6.54 Å². The minimum absolute atomic E-state index is 0. The molecule has 0 unspecified atom stereocenters. The quantitative estimate of drug-likeness (QED) is 0.275. The number of non-ortho nitro benzene ring substituents is 1. The lowest BCUT2D eigenvalue weighted by atomic mass is 10.2. The van der Waals surface area contributed by atoms with Crippen molar-refractivity contribution < 1.29 is 9.66 Å². The number of hydrogen-bond donors (Lipinski definition) is 0. The molecular weight excluding hydrogens is 392 g/mol. The number of rotatable bonds is 10. The van der Waals surface area contributed by atoms with E-state index in [1.54, 1.807) is 12.1 Å². The van der Waals surface area contributed by atoms with E-state index < -0.39 is 0 Å². The summed E-state index contributed by atoms with van der Waals surface area (Å²) in [5, 5.41) is 16.4. The van der Waals surface area contributed by atoms with Gasteiger partial charge in [0.25, 0.3) is 5.69 Å². The van der Waals surface area contributed by atoms with Crippen molar-refractivity contribution in [2.75, 3.05) is 27.2 Å². The van der Waals surface area contributed by atoms with Crippen LogP contribution in [0.3, 0.4) is 0 Å². The number of benzene rings is 2. The highest BCUT2D eigenvalue weighted by molar-refractivity contribution is 5.86. The first-order chi connectivity index (χ1) is 13.5. The van der Waals surface area contributed by atoms with Crippen molar-refractivity contribution in [3.8, 4) is 5.88 Å². The normalized spacial score (nSPS) is 10.9. The second-order valence-electron chi connectivity index (χ2n) is 7.12. The van der Waals surface area contributed by atoms with Crippen molar-refractivity contribution in [1.29, 1.82) is 0 Å². The molecule has 3 aromatic rings. The van der Waals surface area contributed by atoms with Gasteiger partial charge in [-0.1, -0.05) is 30.3 Å². The minimum Gasteiger partial charge on any atom is -0.476 e. The van der Waals surface area contributed by atoms with Gasteiger partial charge in [0.15, 0.2) is 0 Å². The van der Waals surface area contributed by atoms with Crippen LogP contribution in [0.4, 0.5) is 5.69 Å². The molecule has 0 bridgehead atoms. The Morgan fingerprint density at radius 2 is 1.86 bits per heavy atom. The van der Waals surface area contributed by atoms with E-state index in [1.165, 1.54) is 6.07 Å². The summed E-state index contributed by atoms with van der Waals surface area (Å²) in [6.07, 6.45) is 3.11. The molecule has 0 atom stereocenters. The summed E-state index contributed by atoms with van der Waals surface area (Å²) >= 11 is 0. The molecule has 0 aliphatic heterocycles. The van der Waals surface area contributed by atoms with Crippen LogP contribution in [0.2, 0.25) is 0 Å². The summed E-state index contributed by atoms with van der Waals surface area (Å²) in [5.41, 5.74) is 1.99. The van der Waals surface area contributed by atoms with Crippen molar-refractivity contribution >= 4 is 29.0 Å². The molecule has 2 aromatic carbocycles. The summed E-state index contributed by atoms with van der Waals surface area (Å²) in [6, 6.07) is 14.8. The van der Waals surface area contributed by atoms with Gasteiger partial charge in [-0.15, -0.1) is 17.5 Å². The monoisotopic (exact) mass is 418 g/mol. The van der Waals surface area contributed by atoms with E-state index in [-0.39, 0.29) is 23.0 Å². The first-order valence-corrected chi connectivity index (χ1v) is 9.51. The third-order valence-electron chi connectivity index (χ3n) is 4.57. The Morgan fingerprint density at radius 3 is 2.55 bits per heavy atom. The van der Waals surface area contributed by atoms with Crippen molar-refractivity contribution in [3.63, 3.8) is 0 Å². The zero-order valence-electron chi connectivity index (χ0n) is 16.8. The van der Waals surface area contributed by atoms with Gasteiger partial charge in [0.2, 0.25) is 5.88 Å². The number of halogens is 1. The Hall–Kier alpha value is -2.64. The molecule has 0 spiro atoms. The van der Waals surface area contributed by atoms with E-state index in [9.17, 15) is 10.1 Å². The van der Waals surface area contributed by atoms with Gasteiger partial charge in [0.05, 0.1) is 29.0 Å². The fraction of sp³-hybridized carbons (Fsp3) is 0.381. The molecule has 0 radical (unpaired) electrons. The van der Waals surface area contributed by atoms with Crippen LogP contribution < -0.4 is 4.74 Å². The highest BCUT2D eigenvalue weighted by Crippen LogP contribution is 2.29. The average Bonchev–Trinajstić information content (AvgIpc) is 3.02. The molecule has 0 aliphatic rings. The predicted octanol–water partition coefficient (Wildman–Crippen LogP) is 4.53. The van der Waals surface area contributed by atoms with Gasteiger partial charge in [-0.05, 0) is 51.5 Å². The molecule has 0 saturated heterocycles. The van der Waals surface area contributed by atoms with Crippen LogP contribution >= 0.6 is 12.4 Å². The molecular formula is C21H27ClN4O3. The van der Waals surface area contributed by atoms with Gasteiger partial charge in [-0.3, -0.25) is 14.8 Å². The van der Waals surface area contributed by atoms with Gasteiger partial charge in [0.1, 0.15) is 0 Å². The Balaban J connectivity index is 0.00000300. The maximum absolute atomic E-state index is 11.2. The maximum atomic E-state index is 11.2. The molecule has 7 nitrogen and oxygen atoms in total. The lowest BCUT2D eigenvalue weighted by Crippen LogP contribution is -2.13. The topological polar surface area (TPSA) is 73.4 Å². The van der Waals surface area contributed by atoms with E-state index in [2.05, 4.69) is 24.1 Å². The van der Waals surface area contributed by atoms with Crippen LogP contribution in [0.1, 0.15) is 24.8 Å². The van der Waals surface area contributed by atoms with Crippen LogP contribution in [0.5, 0.6) is 5.88 Å². The van der Waals surface area contributed by atoms with Gasteiger partial charge in [0, 0.05) is 12.1 Å². The fourth-order valence-electron chi connectivity index (χ4n) is 3.11. The molecule has 156 valence electrons. The Bertz CT molecular complexity index is 928. The molecule has 3 rings (SSSR count). The standard InChI is InChI=1S/C21H26N4O3.ClH/c1-23(2)13-7-4-8-14-28-21-19-15-18(25(26)27)11-12-20(19)24(22-21)16-17-9-5-3-6-10-17;/h3,5-6,9-12,15H,4,7-8,13-14,16H2,1-2H3;1H. The summed E-state index contributed by atoms with van der Waals surface area (Å²) in [7, 11) is 4.13. The summed E-state index contributed by atoms with van der Waals surface area (Å²) in [4.78, 5) is 13.0. The summed E-state index contributed by atoms with van der Waals surface area (Å²) < 4.78 is 7.75. The van der Waals surface area contributed by atoms with Crippen LogP contribution in [0, 0.1) is 10.1 Å². The number of ether oxygens (including phenoxy) is 1. The first kappa shape index (κ1) is 22.6. The predicted molar refractivity (Wildman–Crippen MR) is 117 cm³/mol. The van der Waals surface area contributed by atoms with Gasteiger partial charge in [-0.25, -0.2) is 0 Å². The SMILES string of the molecule is CN(C)CCCCCOc1nn(Cc2ccccc2)c2ccc([N+](=O)[O-])cc12.Cl. The van der Waals surface area contributed by atoms with Crippen LogP contribution in [0.15, 0.2) is 48.5 Å². The highest BCUT2D eigenvalue weighted by atomic mass is 35.5. The second-order valence-corrected chi connectivity index (χ2v) is 7.12. The molecule has 29 heavy (non-hydrogen) atoms. The van der Waals surface area contributed by atoms with E-state index in [0.717, 1.165) is 36.9 Å². The number of nitrogens with zero attached hydrogens (tertiary/aromatic N) is 4. The molecule has 8 heteroatoms. The lowest BCUT2D eigenvalue weighted by molar-refractivity contribution is -0.384. The Morgan fingerprint density at radius 1 is 1.10 bits per heavy atom. The smallest absolute Gasteiger partial charge is 0.270 e. The second kappa shape index (κ2) is 10.8. The van der Waals surface area contributed by atoms with Crippen LogP contribution in [0.25, 0.3) is 10.9 Å². The lowest BCUT2D eigenvalue weighted by Gasteiger charge is -2.08. The van der Waals surface area contributed by atoms with E-state index in [0.29, 0.717) is 24.4 Å². The molecule has 0 amide bonds. The molecule has 0 N–H and O–H groups in total. The molecule has 1 aromatic heterocycles. The maximum Gasteiger partial charge on any atom is 0.270 e. The molecule has 0 aliphatic carbocycles. The number of hydrogen-bond acceptors (Lipinski definition) is 5. The van der Waals surface area contributed by atoms with Crippen molar-refractivity contribution in [1.82, 2.24) is 14.7 Å². The first-order valence-electron chi connectivity index (χ1n) is 9.51. The summed E-state index contributed by atoms with van der Waals surface area (Å²) in [5.74, 6) is 0.460. The third kappa shape index (κ3) is 6.17. The fourth-order valence-corrected chi connectivity index (χ4v) is 3.11. The Kier molecular flexibility index (Phi) is 8.42. The van der Waals surface area contributed by atoms with E-state index in [4.69, 9.17) is 4.74 Å². The van der Waals surface area contributed by atoms with E-state index in [1.807, 2.05) is 35.0 Å². The number of nitro benzene ring substituents is 1. The molecule has 0 saturated carbocycles. The van der Waals surface area contributed by atoms with E-state index >= 15 is 0 Å². The molecule has 1 heterocycles. The van der Waals surface area contributed by atoms with Crippen molar-refractivity contribution in [3.05, 3.63) is 64.2 Å². The van der Waals surface area contributed by atoms with Gasteiger partial charge in [-0.2, -0.15) is 0 Å². The number of aromatic nitrogens is 2. The highest BCUT2D eigenvalue weighted by Gasteiger charge is 2.16. The zero-order chi connectivity index (χ0) is 19.9. The molecule has 0 fully saturated rings. The van der Waals surface area contributed by atoms with Crippen LogP contribution in [-0.4, -0.2) is 46.9 Å². The van der Waals surface area contributed by atoms with Crippen molar-refractivity contribution in [2.45, 2.75) is 25.8 Å². The average molecular weight is 419 g/mol. The Labute approximate surface area is 176 Å². The largest absolute Gasteiger partial charge is 0.476 e. The number of fused-ring (bicyclic) bond motifs is 1. The van der Waals surface area contributed by atoms with Gasteiger partial charge >= 0.3 is 0 Å². The number of nitro groups is 1. The third-order valence-corrected chi connectivity index (χ3v) is 4.57. The van der Waals surface area contributed by atoms with Crippen molar-refractivity contribution in [2.24, 2.45) is 0 Å².